The fourth-order valence-electron chi connectivity index (χ4n) is 1.82. The maximum atomic E-state index is 5.70. The van der Waals surface area contributed by atoms with Gasteiger partial charge in [0.2, 0.25) is 0 Å². The summed E-state index contributed by atoms with van der Waals surface area (Å²) in [6.07, 6.45) is 1.01. The van der Waals surface area contributed by atoms with E-state index in [0.29, 0.717) is 12.5 Å². The van der Waals surface area contributed by atoms with Crippen LogP contribution in [-0.4, -0.2) is 20.3 Å². The van der Waals surface area contributed by atoms with Gasteiger partial charge in [-0.15, -0.1) is 0 Å². The van der Waals surface area contributed by atoms with Gasteiger partial charge in [-0.1, -0.05) is 6.07 Å². The molecule has 1 atom stereocenters. The highest BCUT2D eigenvalue weighted by Crippen LogP contribution is 2.35. The third kappa shape index (κ3) is 1.55. The van der Waals surface area contributed by atoms with Gasteiger partial charge in [0.05, 0.1) is 13.7 Å². The molecule has 14 heavy (non-hydrogen) atoms. The molecule has 0 saturated heterocycles. The van der Waals surface area contributed by atoms with Crippen molar-refractivity contribution in [2.45, 2.75) is 12.3 Å². The second kappa shape index (κ2) is 3.88. The van der Waals surface area contributed by atoms with Gasteiger partial charge in [0.25, 0.3) is 0 Å². The quantitative estimate of drug-likeness (QED) is 0.774. The summed E-state index contributed by atoms with van der Waals surface area (Å²) in [4.78, 5) is 0. The normalized spacial score (nSPS) is 19.7. The third-order valence-electron chi connectivity index (χ3n) is 2.67. The molecule has 0 fully saturated rings. The molecule has 0 amide bonds. The van der Waals surface area contributed by atoms with Crippen molar-refractivity contribution in [3.63, 3.8) is 0 Å². The first kappa shape index (κ1) is 9.34. The van der Waals surface area contributed by atoms with E-state index < -0.39 is 0 Å². The van der Waals surface area contributed by atoms with Gasteiger partial charge in [-0.3, -0.25) is 0 Å². The van der Waals surface area contributed by atoms with Gasteiger partial charge < -0.3 is 15.2 Å². The van der Waals surface area contributed by atoms with Gasteiger partial charge in [0, 0.05) is 12.0 Å². The highest BCUT2D eigenvalue weighted by molar-refractivity contribution is 5.43. The number of fused-ring (bicyclic) bond motifs is 1. The molecule has 2 N–H and O–H groups in total. The summed E-state index contributed by atoms with van der Waals surface area (Å²) in [5.41, 5.74) is 6.91. The predicted octanol–water partition coefficient (Wildman–Crippen LogP) is 1.52. The maximum Gasteiger partial charge on any atom is 0.126 e. The fraction of sp³-hybridized carbons (Fsp3) is 0.455. The van der Waals surface area contributed by atoms with Gasteiger partial charge in [-0.25, -0.2) is 0 Å². The SMILES string of the molecule is COc1ccc2c(c1)OCCC2CN. The largest absolute Gasteiger partial charge is 0.497 e. The molecule has 0 aromatic heterocycles. The molecule has 3 heteroatoms. The van der Waals surface area contributed by atoms with Gasteiger partial charge in [-0.2, -0.15) is 0 Å². The van der Waals surface area contributed by atoms with Crippen LogP contribution in [0.2, 0.25) is 0 Å². The molecule has 1 aromatic rings. The van der Waals surface area contributed by atoms with Crippen molar-refractivity contribution in [3.8, 4) is 11.5 Å². The van der Waals surface area contributed by atoms with Crippen LogP contribution in [0.4, 0.5) is 0 Å². The molecule has 1 aliphatic rings. The van der Waals surface area contributed by atoms with Crippen molar-refractivity contribution in [2.75, 3.05) is 20.3 Å². The van der Waals surface area contributed by atoms with Crippen molar-refractivity contribution in [1.29, 1.82) is 0 Å². The molecule has 1 heterocycles. The van der Waals surface area contributed by atoms with Crippen LogP contribution in [-0.2, 0) is 0 Å². The Labute approximate surface area is 83.8 Å². The minimum atomic E-state index is 0.435. The smallest absolute Gasteiger partial charge is 0.126 e. The Morgan fingerprint density at radius 3 is 3.14 bits per heavy atom. The fourth-order valence-corrected chi connectivity index (χ4v) is 1.82. The summed E-state index contributed by atoms with van der Waals surface area (Å²) in [6, 6.07) is 5.93. The van der Waals surface area contributed by atoms with Gasteiger partial charge in [0.15, 0.2) is 0 Å². The van der Waals surface area contributed by atoms with E-state index >= 15 is 0 Å². The lowest BCUT2D eigenvalue weighted by molar-refractivity contribution is 0.267. The van der Waals surface area contributed by atoms with E-state index in [4.69, 9.17) is 15.2 Å². The number of nitrogens with two attached hydrogens (primary N) is 1. The second-order valence-corrected chi connectivity index (χ2v) is 3.47. The Kier molecular flexibility index (Phi) is 2.59. The summed E-state index contributed by atoms with van der Waals surface area (Å²) < 4.78 is 10.7. The molecule has 1 aliphatic heterocycles. The minimum absolute atomic E-state index is 0.435. The van der Waals surface area contributed by atoms with Gasteiger partial charge in [-0.05, 0) is 24.6 Å². The van der Waals surface area contributed by atoms with Gasteiger partial charge >= 0.3 is 0 Å². The van der Waals surface area contributed by atoms with Crippen molar-refractivity contribution >= 4 is 0 Å². The van der Waals surface area contributed by atoms with Crippen molar-refractivity contribution in [2.24, 2.45) is 5.73 Å². The van der Waals surface area contributed by atoms with Crippen LogP contribution in [0, 0.1) is 0 Å². The number of hydrogen-bond acceptors (Lipinski definition) is 3. The molecule has 0 spiro atoms. The van der Waals surface area contributed by atoms with E-state index in [0.717, 1.165) is 24.5 Å². The van der Waals surface area contributed by atoms with Crippen molar-refractivity contribution in [1.82, 2.24) is 0 Å². The van der Waals surface area contributed by atoms with Crippen molar-refractivity contribution in [3.05, 3.63) is 23.8 Å². The molecular formula is C11H15NO2. The Bertz CT molecular complexity index is 325. The topological polar surface area (TPSA) is 44.5 Å². The van der Waals surface area contributed by atoms with Crippen LogP contribution in [0.3, 0.4) is 0 Å². The first-order valence-electron chi connectivity index (χ1n) is 4.86. The zero-order chi connectivity index (χ0) is 9.97. The molecule has 3 nitrogen and oxygen atoms in total. The van der Waals surface area contributed by atoms with Crippen LogP contribution >= 0.6 is 0 Å². The Morgan fingerprint density at radius 2 is 2.43 bits per heavy atom. The summed E-state index contributed by atoms with van der Waals surface area (Å²) >= 11 is 0. The lowest BCUT2D eigenvalue weighted by Gasteiger charge is -2.25. The predicted molar refractivity (Wildman–Crippen MR) is 54.9 cm³/mol. The first-order valence-corrected chi connectivity index (χ1v) is 4.86. The number of benzene rings is 1. The third-order valence-corrected chi connectivity index (χ3v) is 2.67. The van der Waals surface area contributed by atoms with E-state index in [9.17, 15) is 0 Å². The number of methoxy groups -OCH3 is 1. The molecule has 0 bridgehead atoms. The second-order valence-electron chi connectivity index (χ2n) is 3.47. The Balaban J connectivity index is 2.35. The van der Waals surface area contributed by atoms with Crippen LogP contribution in [0.5, 0.6) is 11.5 Å². The maximum absolute atomic E-state index is 5.70. The zero-order valence-corrected chi connectivity index (χ0v) is 8.32. The zero-order valence-electron chi connectivity index (χ0n) is 8.32. The number of hydrogen-bond donors (Lipinski definition) is 1. The highest BCUT2D eigenvalue weighted by Gasteiger charge is 2.20. The molecule has 0 aliphatic carbocycles. The van der Waals surface area contributed by atoms with Crippen LogP contribution in [0.1, 0.15) is 17.9 Å². The molecule has 1 aromatic carbocycles. The molecule has 1 unspecified atom stereocenters. The van der Waals surface area contributed by atoms with Crippen LogP contribution < -0.4 is 15.2 Å². The van der Waals surface area contributed by atoms with Crippen molar-refractivity contribution < 1.29 is 9.47 Å². The molecular weight excluding hydrogens is 178 g/mol. The standard InChI is InChI=1S/C11H15NO2/c1-13-9-2-3-10-8(7-12)4-5-14-11(10)6-9/h2-3,6,8H,4-5,7,12H2,1H3. The molecule has 0 radical (unpaired) electrons. The minimum Gasteiger partial charge on any atom is -0.497 e. The van der Waals surface area contributed by atoms with E-state index in [-0.39, 0.29) is 0 Å². The van der Waals surface area contributed by atoms with Gasteiger partial charge in [0.1, 0.15) is 11.5 Å². The molecule has 2 rings (SSSR count). The van der Waals surface area contributed by atoms with E-state index in [1.54, 1.807) is 7.11 Å². The van der Waals surface area contributed by atoms with E-state index in [2.05, 4.69) is 0 Å². The van der Waals surface area contributed by atoms with E-state index in [1.807, 2.05) is 18.2 Å². The first-order chi connectivity index (χ1) is 6.85. The number of rotatable bonds is 2. The van der Waals surface area contributed by atoms with Crippen LogP contribution in [0.15, 0.2) is 18.2 Å². The van der Waals surface area contributed by atoms with E-state index in [1.165, 1.54) is 5.56 Å². The highest BCUT2D eigenvalue weighted by atomic mass is 16.5. The summed E-state index contributed by atoms with van der Waals surface area (Å²) in [5.74, 6) is 2.19. The Morgan fingerprint density at radius 1 is 1.57 bits per heavy atom. The lowest BCUT2D eigenvalue weighted by atomic mass is 9.93. The molecule has 0 saturated carbocycles. The monoisotopic (exact) mass is 193 g/mol. The Hall–Kier alpha value is -1.22. The molecule has 76 valence electrons. The average Bonchev–Trinajstić information content (AvgIpc) is 2.27. The summed E-state index contributed by atoms with van der Waals surface area (Å²) in [5, 5.41) is 0. The number of ether oxygens (including phenoxy) is 2. The summed E-state index contributed by atoms with van der Waals surface area (Å²) in [7, 11) is 1.66. The lowest BCUT2D eigenvalue weighted by Crippen LogP contribution is -2.20. The summed E-state index contributed by atoms with van der Waals surface area (Å²) in [6.45, 7) is 1.44. The average molecular weight is 193 g/mol. The van der Waals surface area contributed by atoms with Crippen LogP contribution in [0.25, 0.3) is 0 Å².